The lowest BCUT2D eigenvalue weighted by molar-refractivity contribution is -0.384. The molecule has 0 unspecified atom stereocenters. The van der Waals surface area contributed by atoms with Crippen molar-refractivity contribution in [1.82, 2.24) is 15.2 Å². The van der Waals surface area contributed by atoms with Gasteiger partial charge in [0, 0.05) is 26.2 Å². The molecule has 17 heavy (non-hydrogen) atoms. The standard InChI is InChI=1S/C10H16N4O3/c1-3-11-4-5-12-10(15)9-6-8(14(16)17)7-13(9)2/h6-7,11H,3-5H2,1-2H3,(H,12,15). The lowest BCUT2D eigenvalue weighted by Crippen LogP contribution is -2.32. The van der Waals surface area contributed by atoms with Crippen molar-refractivity contribution in [3.05, 3.63) is 28.1 Å². The molecule has 1 amide bonds. The Balaban J connectivity index is 2.59. The maximum Gasteiger partial charge on any atom is 0.287 e. The van der Waals surface area contributed by atoms with E-state index >= 15 is 0 Å². The van der Waals surface area contributed by atoms with Crippen molar-refractivity contribution < 1.29 is 9.72 Å². The van der Waals surface area contributed by atoms with E-state index in [0.717, 1.165) is 6.54 Å². The van der Waals surface area contributed by atoms with Crippen LogP contribution < -0.4 is 10.6 Å². The Bertz CT molecular complexity index is 414. The summed E-state index contributed by atoms with van der Waals surface area (Å²) in [4.78, 5) is 21.7. The first-order valence-electron chi connectivity index (χ1n) is 5.36. The molecule has 0 aliphatic heterocycles. The molecular weight excluding hydrogens is 224 g/mol. The summed E-state index contributed by atoms with van der Waals surface area (Å²) < 4.78 is 1.45. The highest BCUT2D eigenvalue weighted by atomic mass is 16.6. The molecule has 1 heterocycles. The van der Waals surface area contributed by atoms with Gasteiger partial charge in [-0.2, -0.15) is 0 Å². The number of rotatable bonds is 6. The minimum Gasteiger partial charge on any atom is -0.349 e. The van der Waals surface area contributed by atoms with Crippen molar-refractivity contribution >= 4 is 11.6 Å². The normalized spacial score (nSPS) is 10.2. The minimum atomic E-state index is -0.518. The summed E-state index contributed by atoms with van der Waals surface area (Å²) in [5, 5.41) is 16.3. The van der Waals surface area contributed by atoms with Crippen LogP contribution in [0.4, 0.5) is 5.69 Å². The minimum absolute atomic E-state index is 0.0793. The molecule has 7 nitrogen and oxygen atoms in total. The van der Waals surface area contributed by atoms with Crippen LogP contribution >= 0.6 is 0 Å². The van der Waals surface area contributed by atoms with Crippen molar-refractivity contribution in [3.63, 3.8) is 0 Å². The first-order chi connectivity index (χ1) is 8.06. The van der Waals surface area contributed by atoms with Gasteiger partial charge in [0.15, 0.2) is 0 Å². The molecule has 0 radical (unpaired) electrons. The van der Waals surface area contributed by atoms with Crippen LogP contribution in [0.5, 0.6) is 0 Å². The first kappa shape index (κ1) is 13.2. The molecule has 0 spiro atoms. The lowest BCUT2D eigenvalue weighted by Gasteiger charge is -2.05. The molecular formula is C10H16N4O3. The van der Waals surface area contributed by atoms with E-state index in [0.29, 0.717) is 13.1 Å². The topological polar surface area (TPSA) is 89.2 Å². The Labute approximate surface area is 99.0 Å². The van der Waals surface area contributed by atoms with E-state index in [4.69, 9.17) is 0 Å². The zero-order chi connectivity index (χ0) is 12.8. The number of nitrogens with zero attached hydrogens (tertiary/aromatic N) is 2. The van der Waals surface area contributed by atoms with Crippen LogP contribution in [0, 0.1) is 10.1 Å². The quantitative estimate of drug-likeness (QED) is 0.424. The molecule has 0 fully saturated rings. The average Bonchev–Trinajstić information content (AvgIpc) is 2.67. The summed E-state index contributed by atoms with van der Waals surface area (Å²) in [6.07, 6.45) is 1.32. The zero-order valence-corrected chi connectivity index (χ0v) is 9.90. The van der Waals surface area contributed by atoms with E-state index in [9.17, 15) is 14.9 Å². The highest BCUT2D eigenvalue weighted by Gasteiger charge is 2.16. The summed E-state index contributed by atoms with van der Waals surface area (Å²) in [6, 6.07) is 1.27. The molecule has 1 aromatic rings. The summed E-state index contributed by atoms with van der Waals surface area (Å²) in [7, 11) is 1.60. The Kier molecular flexibility index (Phi) is 4.65. The molecule has 0 saturated heterocycles. The summed E-state index contributed by atoms with van der Waals surface area (Å²) in [6.45, 7) is 3.98. The average molecular weight is 240 g/mol. The van der Waals surface area contributed by atoms with Gasteiger partial charge in [-0.3, -0.25) is 14.9 Å². The van der Waals surface area contributed by atoms with E-state index < -0.39 is 4.92 Å². The molecule has 7 heteroatoms. The second-order valence-corrected chi connectivity index (χ2v) is 3.56. The van der Waals surface area contributed by atoms with Crippen LogP contribution in [-0.2, 0) is 7.05 Å². The molecule has 0 aromatic carbocycles. The van der Waals surface area contributed by atoms with Crippen molar-refractivity contribution in [3.8, 4) is 0 Å². The third kappa shape index (κ3) is 3.56. The molecule has 2 N–H and O–H groups in total. The molecule has 94 valence electrons. The molecule has 1 aromatic heterocycles. The fraction of sp³-hybridized carbons (Fsp3) is 0.500. The number of aromatic nitrogens is 1. The maximum absolute atomic E-state index is 11.7. The number of amides is 1. The van der Waals surface area contributed by atoms with E-state index in [1.54, 1.807) is 7.05 Å². The van der Waals surface area contributed by atoms with Gasteiger partial charge in [0.2, 0.25) is 0 Å². The van der Waals surface area contributed by atoms with Crippen molar-refractivity contribution in [2.75, 3.05) is 19.6 Å². The number of hydrogen-bond donors (Lipinski definition) is 2. The van der Waals surface area contributed by atoms with Crippen molar-refractivity contribution in [1.29, 1.82) is 0 Å². The van der Waals surface area contributed by atoms with Gasteiger partial charge in [0.05, 0.1) is 11.1 Å². The van der Waals surface area contributed by atoms with E-state index in [1.165, 1.54) is 16.8 Å². The zero-order valence-electron chi connectivity index (χ0n) is 9.90. The fourth-order valence-electron chi connectivity index (χ4n) is 1.40. The Morgan fingerprint density at radius 1 is 1.53 bits per heavy atom. The smallest absolute Gasteiger partial charge is 0.287 e. The largest absolute Gasteiger partial charge is 0.349 e. The number of nitrogens with one attached hydrogen (secondary N) is 2. The monoisotopic (exact) mass is 240 g/mol. The summed E-state index contributed by atoms with van der Waals surface area (Å²) in [5.74, 6) is -0.307. The Morgan fingerprint density at radius 3 is 2.76 bits per heavy atom. The number of hydrogen-bond acceptors (Lipinski definition) is 4. The van der Waals surface area contributed by atoms with E-state index in [1.807, 2.05) is 6.92 Å². The Hall–Kier alpha value is -1.89. The summed E-state index contributed by atoms with van der Waals surface area (Å²) in [5.41, 5.74) is 0.206. The molecule has 0 aliphatic carbocycles. The van der Waals surface area contributed by atoms with Gasteiger partial charge >= 0.3 is 0 Å². The van der Waals surface area contributed by atoms with Gasteiger partial charge in [-0.25, -0.2) is 0 Å². The highest BCUT2D eigenvalue weighted by molar-refractivity contribution is 5.93. The third-order valence-electron chi connectivity index (χ3n) is 2.27. The number of aryl methyl sites for hydroxylation is 1. The third-order valence-corrected chi connectivity index (χ3v) is 2.27. The van der Waals surface area contributed by atoms with Gasteiger partial charge in [0.1, 0.15) is 5.69 Å². The second-order valence-electron chi connectivity index (χ2n) is 3.56. The fourth-order valence-corrected chi connectivity index (χ4v) is 1.40. The van der Waals surface area contributed by atoms with Gasteiger partial charge in [0.25, 0.3) is 11.6 Å². The number of likely N-dealkylation sites (N-methyl/N-ethyl adjacent to an activating group) is 1. The van der Waals surface area contributed by atoms with Crippen LogP contribution in [0.2, 0.25) is 0 Å². The van der Waals surface area contributed by atoms with Crippen LogP contribution in [0.15, 0.2) is 12.3 Å². The molecule has 0 bridgehead atoms. The number of carbonyl (C=O) groups is 1. The van der Waals surface area contributed by atoms with E-state index in [-0.39, 0.29) is 17.3 Å². The van der Waals surface area contributed by atoms with Crippen LogP contribution in [0.25, 0.3) is 0 Å². The van der Waals surface area contributed by atoms with Gasteiger partial charge in [-0.15, -0.1) is 0 Å². The second kappa shape index (κ2) is 6.00. The number of nitro groups is 1. The number of carbonyl (C=O) groups excluding carboxylic acids is 1. The molecule has 0 aliphatic rings. The van der Waals surface area contributed by atoms with Gasteiger partial charge in [-0.1, -0.05) is 6.92 Å². The predicted octanol–water partition coefficient (Wildman–Crippen LogP) is 0.273. The van der Waals surface area contributed by atoms with Crippen LogP contribution in [0.3, 0.4) is 0 Å². The van der Waals surface area contributed by atoms with E-state index in [2.05, 4.69) is 10.6 Å². The lowest BCUT2D eigenvalue weighted by atomic mass is 10.4. The summed E-state index contributed by atoms with van der Waals surface area (Å²) >= 11 is 0. The molecule has 1 rings (SSSR count). The van der Waals surface area contributed by atoms with Crippen LogP contribution in [0.1, 0.15) is 17.4 Å². The molecule has 0 saturated carbocycles. The first-order valence-corrected chi connectivity index (χ1v) is 5.36. The molecule has 0 atom stereocenters. The predicted molar refractivity (Wildman–Crippen MR) is 62.9 cm³/mol. The SMILES string of the molecule is CCNCCNC(=O)c1cc([N+](=O)[O-])cn1C. The van der Waals surface area contributed by atoms with Gasteiger partial charge in [-0.05, 0) is 6.54 Å². The van der Waals surface area contributed by atoms with Crippen molar-refractivity contribution in [2.24, 2.45) is 7.05 Å². The van der Waals surface area contributed by atoms with Crippen molar-refractivity contribution in [2.45, 2.75) is 6.92 Å². The highest BCUT2D eigenvalue weighted by Crippen LogP contribution is 2.14. The Morgan fingerprint density at radius 2 is 2.24 bits per heavy atom. The van der Waals surface area contributed by atoms with Gasteiger partial charge < -0.3 is 15.2 Å². The van der Waals surface area contributed by atoms with Crippen LogP contribution in [-0.4, -0.2) is 35.0 Å². The maximum atomic E-state index is 11.7.